The highest BCUT2D eigenvalue weighted by atomic mass is 35.5. The van der Waals surface area contributed by atoms with Crippen LogP contribution in [-0.2, 0) is 15.7 Å². The summed E-state index contributed by atoms with van der Waals surface area (Å²) < 4.78 is 79.7. The van der Waals surface area contributed by atoms with Crippen LogP contribution in [0, 0.1) is 11.6 Å². The van der Waals surface area contributed by atoms with Gasteiger partial charge < -0.3 is 19.9 Å². The molecule has 2 aliphatic heterocycles. The van der Waals surface area contributed by atoms with Crippen molar-refractivity contribution in [2.75, 3.05) is 44.8 Å². The van der Waals surface area contributed by atoms with Gasteiger partial charge in [0.2, 0.25) is 6.41 Å². The maximum atomic E-state index is 15.3. The zero-order valence-electron chi connectivity index (χ0n) is 28.6. The normalized spacial score (nSPS) is 19.9. The number of alkyl halides is 3. The van der Waals surface area contributed by atoms with Crippen molar-refractivity contribution >= 4 is 47.4 Å². The molecule has 2 aliphatic rings. The molecule has 0 spiro atoms. The molecule has 1 saturated heterocycles. The lowest BCUT2D eigenvalue weighted by molar-refractivity contribution is -0.137. The van der Waals surface area contributed by atoms with Crippen molar-refractivity contribution in [2.24, 2.45) is 4.99 Å². The van der Waals surface area contributed by atoms with Gasteiger partial charge in [0.25, 0.3) is 0 Å². The molecule has 0 radical (unpaired) electrons. The van der Waals surface area contributed by atoms with Gasteiger partial charge in [-0.15, -0.1) is 11.8 Å². The van der Waals surface area contributed by atoms with E-state index in [-0.39, 0.29) is 40.8 Å². The van der Waals surface area contributed by atoms with Gasteiger partial charge in [0.15, 0.2) is 0 Å². The number of carbonyl (C=O) groups excluding carboxylic acids is 2. The van der Waals surface area contributed by atoms with Gasteiger partial charge in [-0.1, -0.05) is 25.4 Å². The summed E-state index contributed by atoms with van der Waals surface area (Å²) in [5.74, 6) is -2.00. The third kappa shape index (κ3) is 8.92. The summed E-state index contributed by atoms with van der Waals surface area (Å²) in [5.41, 5.74) is -3.07. The first-order valence-electron chi connectivity index (χ1n) is 15.6. The second-order valence-electron chi connectivity index (χ2n) is 12.7. The lowest BCUT2D eigenvalue weighted by Gasteiger charge is -2.46. The Morgan fingerprint density at radius 1 is 1.08 bits per heavy atom. The maximum absolute atomic E-state index is 15.3. The zero-order chi connectivity index (χ0) is 36.3. The number of aliphatic imine (C=N–C) groups is 1. The van der Waals surface area contributed by atoms with Gasteiger partial charge in [0.1, 0.15) is 23.1 Å². The summed E-state index contributed by atoms with van der Waals surface area (Å²) in [5, 5.41) is 1.99. The van der Waals surface area contributed by atoms with Crippen LogP contribution in [0.15, 0.2) is 28.1 Å². The number of nitrogens with one attached hydrogen (secondary N) is 1. The number of fused-ring (bicyclic) bond motifs is 2. The van der Waals surface area contributed by atoms with Crippen LogP contribution in [0.1, 0.15) is 59.6 Å². The smallest absolute Gasteiger partial charge is 0.417 e. The molecule has 15 heteroatoms. The number of likely N-dealkylation sites (N-methyl/N-ethyl adjacent to an activating group) is 1. The van der Waals surface area contributed by atoms with E-state index in [0.29, 0.717) is 19.0 Å². The average Bonchev–Trinajstić information content (AvgIpc) is 2.95. The van der Waals surface area contributed by atoms with E-state index in [4.69, 9.17) is 21.3 Å². The van der Waals surface area contributed by atoms with Gasteiger partial charge in [-0.05, 0) is 60.8 Å². The Balaban J connectivity index is 0.00000307. The average molecular weight is 720 g/mol. The summed E-state index contributed by atoms with van der Waals surface area (Å²) in [6.45, 7) is 13.7. The second-order valence-corrected chi connectivity index (χ2v) is 14.2. The van der Waals surface area contributed by atoms with E-state index in [2.05, 4.69) is 5.32 Å². The standard InChI is InChI=1S/C31H37ClF5N5O3S.C2H6/c1-16-11-41(12-17(2)42(16)29(44)45-30(3,4)5)28-20-8-21(31(35,36)37)25(19-9-22(32)24(34)10-23(19)33)27(26(20)38-15-43)46-14-18(39-28)13-40(6)7;1-2/h8-10,15-18H,11-14H2,1-7H3,(H,38,43);1-2H3. The second kappa shape index (κ2) is 15.6. The van der Waals surface area contributed by atoms with Crippen LogP contribution in [0.4, 0.5) is 32.4 Å². The molecule has 48 heavy (non-hydrogen) atoms. The zero-order valence-corrected chi connectivity index (χ0v) is 30.1. The Bertz CT molecular complexity index is 1520. The molecule has 2 heterocycles. The van der Waals surface area contributed by atoms with Crippen LogP contribution in [0.25, 0.3) is 11.1 Å². The van der Waals surface area contributed by atoms with E-state index in [9.17, 15) is 27.2 Å². The Labute approximate surface area is 288 Å². The number of amides is 2. The van der Waals surface area contributed by atoms with Crippen molar-refractivity contribution in [1.29, 1.82) is 0 Å². The number of anilines is 1. The highest BCUT2D eigenvalue weighted by Gasteiger charge is 2.42. The number of ether oxygens (including phenoxy) is 1. The molecule has 2 amide bonds. The Kier molecular flexibility index (Phi) is 12.8. The van der Waals surface area contributed by atoms with Crippen molar-refractivity contribution in [2.45, 2.75) is 83.3 Å². The number of hydrogen-bond donors (Lipinski definition) is 1. The van der Waals surface area contributed by atoms with E-state index in [1.54, 1.807) is 30.6 Å². The van der Waals surface area contributed by atoms with Gasteiger partial charge >= 0.3 is 12.3 Å². The van der Waals surface area contributed by atoms with Gasteiger partial charge in [-0.25, -0.2) is 13.6 Å². The number of carbonyl (C=O) groups is 2. The van der Waals surface area contributed by atoms with Crippen molar-refractivity contribution in [3.8, 4) is 11.1 Å². The molecular formula is C33H43ClF5N5O3S. The summed E-state index contributed by atoms with van der Waals surface area (Å²) in [7, 11) is 3.67. The van der Waals surface area contributed by atoms with E-state index in [1.165, 1.54) is 0 Å². The SMILES string of the molecule is CC.CC1CN(C2=NC(CN(C)C)CSc3c(NC=O)c2cc(C(F)(F)F)c3-c2cc(Cl)c(F)cc2F)CC(C)N1C(=O)OC(C)(C)C. The number of benzene rings is 2. The molecule has 0 aromatic heterocycles. The number of nitrogens with zero attached hydrogens (tertiary/aromatic N) is 4. The van der Waals surface area contributed by atoms with Gasteiger partial charge in [-0.3, -0.25) is 14.7 Å². The Hall–Kier alpha value is -3.10. The quantitative estimate of drug-likeness (QED) is 0.192. The van der Waals surface area contributed by atoms with Gasteiger partial charge in [0.05, 0.1) is 34.4 Å². The van der Waals surface area contributed by atoms with Crippen LogP contribution >= 0.6 is 23.4 Å². The van der Waals surface area contributed by atoms with Crippen LogP contribution in [0.2, 0.25) is 5.02 Å². The van der Waals surface area contributed by atoms with Crippen molar-refractivity contribution in [1.82, 2.24) is 14.7 Å². The monoisotopic (exact) mass is 719 g/mol. The summed E-state index contributed by atoms with van der Waals surface area (Å²) >= 11 is 6.92. The molecule has 2 bridgehead atoms. The fraction of sp³-hybridized carbons (Fsp3) is 0.545. The lowest BCUT2D eigenvalue weighted by Crippen LogP contribution is -2.60. The molecule has 8 nitrogen and oxygen atoms in total. The number of rotatable bonds is 5. The third-order valence-corrected chi connectivity index (χ3v) is 8.97. The van der Waals surface area contributed by atoms with Crippen LogP contribution < -0.4 is 5.32 Å². The van der Waals surface area contributed by atoms with E-state index in [1.807, 2.05) is 46.7 Å². The van der Waals surface area contributed by atoms with Crippen LogP contribution in [-0.4, -0.2) is 96.2 Å². The number of halogens is 6. The van der Waals surface area contributed by atoms with Crippen molar-refractivity contribution in [3.63, 3.8) is 0 Å². The predicted molar refractivity (Wildman–Crippen MR) is 181 cm³/mol. The Morgan fingerprint density at radius 3 is 2.21 bits per heavy atom. The molecule has 1 N–H and O–H groups in total. The first-order valence-corrected chi connectivity index (χ1v) is 16.9. The molecule has 1 fully saturated rings. The molecule has 2 aromatic carbocycles. The Morgan fingerprint density at radius 2 is 1.69 bits per heavy atom. The molecule has 2 aromatic rings. The molecule has 0 saturated carbocycles. The topological polar surface area (TPSA) is 77.5 Å². The van der Waals surface area contributed by atoms with E-state index in [0.717, 1.165) is 23.9 Å². The van der Waals surface area contributed by atoms with E-state index >= 15 is 4.39 Å². The molecule has 0 aliphatic carbocycles. The highest BCUT2D eigenvalue weighted by molar-refractivity contribution is 7.99. The minimum atomic E-state index is -4.99. The largest absolute Gasteiger partial charge is 0.444 e. The third-order valence-electron chi connectivity index (χ3n) is 7.43. The summed E-state index contributed by atoms with van der Waals surface area (Å²) in [4.78, 5) is 35.2. The maximum Gasteiger partial charge on any atom is 0.417 e. The minimum absolute atomic E-state index is 0.000205. The fourth-order valence-corrected chi connectivity index (χ4v) is 7.16. The van der Waals surface area contributed by atoms with Crippen LogP contribution in [0.3, 0.4) is 0 Å². The van der Waals surface area contributed by atoms with Crippen molar-refractivity contribution in [3.05, 3.63) is 46.0 Å². The first kappa shape index (κ1) is 39.3. The summed E-state index contributed by atoms with van der Waals surface area (Å²) in [6.07, 6.45) is -5.17. The minimum Gasteiger partial charge on any atom is -0.444 e. The highest BCUT2D eigenvalue weighted by Crippen LogP contribution is 2.49. The molecule has 266 valence electrons. The predicted octanol–water partition coefficient (Wildman–Crippen LogP) is 8.01. The molecule has 3 atom stereocenters. The summed E-state index contributed by atoms with van der Waals surface area (Å²) in [6, 6.07) is 0.820. The first-order chi connectivity index (χ1) is 22.3. The fourth-order valence-electron chi connectivity index (χ4n) is 5.78. The number of piperazine rings is 1. The van der Waals surface area contributed by atoms with Gasteiger partial charge in [-0.2, -0.15) is 13.2 Å². The molecular weight excluding hydrogens is 677 g/mol. The molecule has 4 rings (SSSR count). The molecule has 3 unspecified atom stereocenters. The van der Waals surface area contributed by atoms with Gasteiger partial charge in [0, 0.05) is 53.0 Å². The van der Waals surface area contributed by atoms with Crippen LogP contribution in [0.5, 0.6) is 0 Å². The lowest BCUT2D eigenvalue weighted by atomic mass is 9.93. The number of thioether (sulfide) groups is 1. The van der Waals surface area contributed by atoms with E-state index < -0.39 is 69.3 Å². The van der Waals surface area contributed by atoms with Crippen molar-refractivity contribution < 1.29 is 36.3 Å². The number of amidine groups is 1. The number of hydrogen-bond acceptors (Lipinski definition) is 7.